The van der Waals surface area contributed by atoms with Crippen LogP contribution >= 0.6 is 0 Å². The van der Waals surface area contributed by atoms with Crippen molar-refractivity contribution in [1.29, 1.82) is 0 Å². The third-order valence-corrected chi connectivity index (χ3v) is 2.08. The van der Waals surface area contributed by atoms with Crippen molar-refractivity contribution >= 4 is 11.5 Å². The van der Waals surface area contributed by atoms with Crippen molar-refractivity contribution in [3.8, 4) is 0 Å². The molecule has 2 N–H and O–H groups in total. The molecule has 0 amide bonds. The largest absolute Gasteiger partial charge is 0.371 e. The lowest BCUT2D eigenvalue weighted by atomic mass is 10.3. The Morgan fingerprint density at radius 2 is 2.22 bits per heavy atom. The van der Waals surface area contributed by atoms with Gasteiger partial charge in [-0.3, -0.25) is 4.99 Å². The van der Waals surface area contributed by atoms with E-state index in [9.17, 15) is 0 Å². The molecule has 18 heavy (non-hydrogen) atoms. The standard InChI is InChI=1S/C13H17N5/c1-5-8-16-10(6-2)13-17-9-11(18-13)12(14-4)15-7-3/h5-9H,2-3H2,1,4H3,(H,14,15)(H,17,18)/b8-5-,16-10+. The molecule has 0 unspecified atom stereocenters. The number of aliphatic imine (C=N–C) groups is 2. The average Bonchev–Trinajstić information content (AvgIpc) is 2.86. The summed E-state index contributed by atoms with van der Waals surface area (Å²) < 4.78 is 0. The van der Waals surface area contributed by atoms with Crippen molar-refractivity contribution in [3.63, 3.8) is 0 Å². The zero-order chi connectivity index (χ0) is 13.4. The summed E-state index contributed by atoms with van der Waals surface area (Å²) in [6.45, 7) is 9.17. The maximum absolute atomic E-state index is 4.39. The molecule has 1 aromatic heterocycles. The minimum Gasteiger partial charge on any atom is -0.371 e. The molecule has 5 heteroatoms. The van der Waals surface area contributed by atoms with Crippen LogP contribution in [-0.4, -0.2) is 28.6 Å². The third kappa shape index (κ3) is 3.28. The Balaban J connectivity index is 3.08. The van der Waals surface area contributed by atoms with Gasteiger partial charge in [0.2, 0.25) is 0 Å². The first-order valence-electron chi connectivity index (χ1n) is 5.50. The Kier molecular flexibility index (Phi) is 5.31. The van der Waals surface area contributed by atoms with E-state index in [-0.39, 0.29) is 0 Å². The summed E-state index contributed by atoms with van der Waals surface area (Å²) in [5.41, 5.74) is 1.37. The molecule has 94 valence electrons. The maximum Gasteiger partial charge on any atom is 0.156 e. The van der Waals surface area contributed by atoms with Gasteiger partial charge in [0.05, 0.1) is 0 Å². The second-order valence-electron chi connectivity index (χ2n) is 3.25. The predicted octanol–water partition coefficient (Wildman–Crippen LogP) is 2.03. The van der Waals surface area contributed by atoms with Gasteiger partial charge in [-0.15, -0.1) is 0 Å². The first-order chi connectivity index (χ1) is 8.76. The molecule has 0 aliphatic heterocycles. The summed E-state index contributed by atoms with van der Waals surface area (Å²) >= 11 is 0. The van der Waals surface area contributed by atoms with Crippen LogP contribution < -0.4 is 5.32 Å². The maximum atomic E-state index is 4.39. The quantitative estimate of drug-likeness (QED) is 0.614. The van der Waals surface area contributed by atoms with Crippen molar-refractivity contribution in [2.24, 2.45) is 9.98 Å². The van der Waals surface area contributed by atoms with Crippen LogP contribution in [0.4, 0.5) is 0 Å². The molecule has 0 saturated carbocycles. The van der Waals surface area contributed by atoms with Crippen molar-refractivity contribution in [1.82, 2.24) is 15.3 Å². The highest BCUT2D eigenvalue weighted by atomic mass is 15.0. The number of aromatic nitrogens is 2. The molecule has 0 radical (unpaired) electrons. The Hall–Kier alpha value is -2.43. The molecule has 1 rings (SSSR count). The van der Waals surface area contributed by atoms with Crippen molar-refractivity contribution in [3.05, 3.63) is 55.4 Å². The summed E-state index contributed by atoms with van der Waals surface area (Å²) in [6.07, 6.45) is 8.39. The van der Waals surface area contributed by atoms with E-state index >= 15 is 0 Å². The van der Waals surface area contributed by atoms with Gasteiger partial charge in [-0.2, -0.15) is 0 Å². The first-order valence-corrected chi connectivity index (χ1v) is 5.50. The minimum atomic E-state index is 0.641. The lowest BCUT2D eigenvalue weighted by molar-refractivity contribution is 1.14. The summed E-state index contributed by atoms with van der Waals surface area (Å²) in [7, 11) is 1.78. The fraction of sp³-hybridized carbons (Fsp3) is 0.154. The SMILES string of the molecule is C=C/N=C(\NC)c1c[nH]c(/C(C=C)=N/C=C\C)n1. The minimum absolute atomic E-state index is 0.641. The smallest absolute Gasteiger partial charge is 0.156 e. The summed E-state index contributed by atoms with van der Waals surface area (Å²) in [5, 5.41) is 2.95. The van der Waals surface area contributed by atoms with Crippen LogP contribution in [0.25, 0.3) is 0 Å². The van der Waals surface area contributed by atoms with Gasteiger partial charge in [0, 0.05) is 25.6 Å². The number of hydrogen-bond acceptors (Lipinski definition) is 3. The fourth-order valence-electron chi connectivity index (χ4n) is 1.29. The number of H-pyrrole nitrogens is 1. The monoisotopic (exact) mass is 243 g/mol. The number of nitrogens with one attached hydrogen (secondary N) is 2. The van der Waals surface area contributed by atoms with Gasteiger partial charge in [-0.05, 0) is 13.0 Å². The third-order valence-electron chi connectivity index (χ3n) is 2.08. The van der Waals surface area contributed by atoms with E-state index in [1.807, 2.05) is 13.0 Å². The van der Waals surface area contributed by atoms with Gasteiger partial charge in [-0.25, -0.2) is 9.98 Å². The molecule has 0 saturated heterocycles. The number of aromatic amines is 1. The van der Waals surface area contributed by atoms with E-state index in [4.69, 9.17) is 0 Å². The molecule has 0 atom stereocenters. The van der Waals surface area contributed by atoms with Crippen molar-refractivity contribution in [2.45, 2.75) is 6.92 Å². The molecular weight excluding hydrogens is 226 g/mol. The second-order valence-corrected chi connectivity index (χ2v) is 3.25. The van der Waals surface area contributed by atoms with Gasteiger partial charge >= 0.3 is 0 Å². The number of imidazole rings is 1. The van der Waals surface area contributed by atoms with Gasteiger partial charge in [0.1, 0.15) is 11.4 Å². The van der Waals surface area contributed by atoms with E-state index in [2.05, 4.69) is 38.4 Å². The number of allylic oxidation sites excluding steroid dienone is 2. The fourth-order valence-corrected chi connectivity index (χ4v) is 1.29. The Labute approximate surface area is 107 Å². The van der Waals surface area contributed by atoms with E-state index in [1.54, 1.807) is 25.5 Å². The second kappa shape index (κ2) is 7.01. The summed E-state index contributed by atoms with van der Waals surface area (Å²) in [5.74, 6) is 1.28. The van der Waals surface area contributed by atoms with E-state index in [0.717, 1.165) is 0 Å². The van der Waals surface area contributed by atoms with Crippen molar-refractivity contribution < 1.29 is 0 Å². The van der Waals surface area contributed by atoms with Crippen LogP contribution in [0.2, 0.25) is 0 Å². The number of nitrogens with zero attached hydrogens (tertiary/aromatic N) is 3. The average molecular weight is 243 g/mol. The predicted molar refractivity (Wildman–Crippen MR) is 75.9 cm³/mol. The molecule has 0 aliphatic rings. The van der Waals surface area contributed by atoms with Gasteiger partial charge in [-0.1, -0.05) is 19.2 Å². The zero-order valence-electron chi connectivity index (χ0n) is 10.6. The number of rotatable bonds is 5. The first kappa shape index (κ1) is 13.6. The normalized spacial score (nSPS) is 12.8. The number of amidine groups is 1. The molecule has 0 bridgehead atoms. The molecule has 1 aromatic rings. The topological polar surface area (TPSA) is 65.4 Å². The number of hydrogen-bond donors (Lipinski definition) is 2. The summed E-state index contributed by atoms with van der Waals surface area (Å²) in [6, 6.07) is 0. The van der Waals surface area contributed by atoms with Crippen molar-refractivity contribution in [2.75, 3.05) is 7.05 Å². The van der Waals surface area contributed by atoms with Gasteiger partial charge in [0.15, 0.2) is 11.7 Å². The van der Waals surface area contributed by atoms with Crippen LogP contribution in [-0.2, 0) is 0 Å². The molecule has 1 heterocycles. The Morgan fingerprint density at radius 1 is 1.44 bits per heavy atom. The lowest BCUT2D eigenvalue weighted by Crippen LogP contribution is -2.19. The molecule has 5 nitrogen and oxygen atoms in total. The molecular formula is C13H17N5. The van der Waals surface area contributed by atoms with Crippen LogP contribution in [0.1, 0.15) is 18.4 Å². The van der Waals surface area contributed by atoms with Gasteiger partial charge in [0.25, 0.3) is 0 Å². The highest BCUT2D eigenvalue weighted by molar-refractivity contribution is 6.07. The Morgan fingerprint density at radius 3 is 2.78 bits per heavy atom. The molecule has 0 aliphatic carbocycles. The zero-order valence-corrected chi connectivity index (χ0v) is 10.6. The van der Waals surface area contributed by atoms with Crippen LogP contribution in [0.5, 0.6) is 0 Å². The Bertz CT molecular complexity index is 505. The van der Waals surface area contributed by atoms with Crippen LogP contribution in [0, 0.1) is 0 Å². The lowest BCUT2D eigenvalue weighted by Gasteiger charge is -1.99. The van der Waals surface area contributed by atoms with Gasteiger partial charge < -0.3 is 10.3 Å². The van der Waals surface area contributed by atoms with Crippen LogP contribution in [0.15, 0.2) is 53.9 Å². The van der Waals surface area contributed by atoms with Crippen LogP contribution in [0.3, 0.4) is 0 Å². The van der Waals surface area contributed by atoms with E-state index < -0.39 is 0 Å². The highest BCUT2D eigenvalue weighted by Crippen LogP contribution is 2.02. The molecule has 0 fully saturated rings. The van der Waals surface area contributed by atoms with E-state index in [0.29, 0.717) is 23.1 Å². The highest BCUT2D eigenvalue weighted by Gasteiger charge is 2.08. The van der Waals surface area contributed by atoms with E-state index in [1.165, 1.54) is 6.20 Å². The molecule has 0 aromatic carbocycles. The molecule has 0 spiro atoms. The summed E-state index contributed by atoms with van der Waals surface area (Å²) in [4.78, 5) is 15.7.